The van der Waals surface area contributed by atoms with Crippen molar-refractivity contribution in [2.75, 3.05) is 13.6 Å². The van der Waals surface area contributed by atoms with Crippen LogP contribution in [0.5, 0.6) is 11.5 Å². The highest BCUT2D eigenvalue weighted by Crippen LogP contribution is 2.62. The molecule has 12 nitrogen and oxygen atoms in total. The van der Waals surface area contributed by atoms with Crippen molar-refractivity contribution in [2.45, 2.75) is 82.3 Å². The number of carbonyl (C=O) groups excluding carboxylic acids is 3. The van der Waals surface area contributed by atoms with Gasteiger partial charge in [0.1, 0.15) is 5.76 Å². The summed E-state index contributed by atoms with van der Waals surface area (Å²) < 4.78 is 21.4. The van der Waals surface area contributed by atoms with Crippen molar-refractivity contribution in [1.29, 1.82) is 0 Å². The van der Waals surface area contributed by atoms with Gasteiger partial charge in [-0.05, 0) is 51.6 Å². The van der Waals surface area contributed by atoms with Gasteiger partial charge >= 0.3 is 23.9 Å². The Hall–Kier alpha value is -3.64. The van der Waals surface area contributed by atoms with Gasteiger partial charge in [0.15, 0.2) is 23.7 Å². The Kier molecular flexibility index (Phi) is 7.39. The molecule has 39 heavy (non-hydrogen) atoms. The van der Waals surface area contributed by atoms with Gasteiger partial charge in [-0.2, -0.15) is 0 Å². The minimum absolute atomic E-state index is 0.0947. The highest BCUT2D eigenvalue weighted by atomic mass is 16.6. The van der Waals surface area contributed by atoms with E-state index < -0.39 is 59.6 Å². The van der Waals surface area contributed by atoms with Crippen molar-refractivity contribution in [3.8, 4) is 11.5 Å². The molecule has 0 radical (unpaired) electrons. The summed E-state index contributed by atoms with van der Waals surface area (Å²) in [6, 6.07) is 3.07. The largest absolute Gasteiger partial charge is 0.504 e. The third-order valence-electron chi connectivity index (χ3n) is 8.06. The number of phenols is 1. The number of benzene rings is 1. The quantitative estimate of drug-likeness (QED) is 0.299. The fraction of sp³-hybridized carbons (Fsp3) is 0.556. The zero-order valence-corrected chi connectivity index (χ0v) is 22.4. The molecule has 1 heterocycles. The number of carbonyl (C=O) groups is 4. The van der Waals surface area contributed by atoms with Gasteiger partial charge in [0.2, 0.25) is 6.10 Å². The molecule has 4 rings (SSSR count). The van der Waals surface area contributed by atoms with Crippen molar-refractivity contribution < 1.29 is 53.4 Å². The third kappa shape index (κ3) is 4.61. The summed E-state index contributed by atoms with van der Waals surface area (Å²) in [6.07, 6.45) is -2.71. The van der Waals surface area contributed by atoms with Crippen LogP contribution in [0.25, 0.3) is 0 Å². The van der Waals surface area contributed by atoms with E-state index in [1.807, 2.05) is 27.0 Å². The first-order chi connectivity index (χ1) is 18.2. The third-order valence-corrected chi connectivity index (χ3v) is 8.06. The first-order valence-electron chi connectivity index (χ1n) is 12.7. The molecule has 0 unspecified atom stereocenters. The maximum absolute atomic E-state index is 12.9. The Morgan fingerprint density at radius 2 is 1.92 bits per heavy atom. The van der Waals surface area contributed by atoms with Crippen molar-refractivity contribution in [2.24, 2.45) is 0 Å². The van der Waals surface area contributed by atoms with Crippen molar-refractivity contribution in [1.82, 2.24) is 4.90 Å². The molecule has 0 saturated carbocycles. The number of phenolic OH excluding ortho intramolecular Hbond substituents is 1. The van der Waals surface area contributed by atoms with Crippen LogP contribution in [-0.2, 0) is 45.2 Å². The summed E-state index contributed by atoms with van der Waals surface area (Å²) in [4.78, 5) is 49.5. The van der Waals surface area contributed by atoms with Crippen molar-refractivity contribution >= 4 is 23.9 Å². The van der Waals surface area contributed by atoms with Gasteiger partial charge in [0, 0.05) is 24.9 Å². The number of carboxylic acids is 1. The number of aliphatic hydroxyl groups is 1. The lowest BCUT2D eigenvalue weighted by atomic mass is 9.54. The monoisotopic (exact) mass is 547 g/mol. The number of hydrogen-bond donors (Lipinski definition) is 3. The standard InChI is InChI=1S/C27H33NO11/c1-6-28(5)19-11-15-7-8-16(30)22-21(15)26(4)23(39-22)17(9-10-27(19,26)35)38-25(34)13(2)36-20(31)12-18(24(32)33)37-14(3)29/h7-9,13,18-19,23,30,35H,6,10-12H2,1-5H3,(H,32,33)/t13-,18-,19+,23-,26-,27+/m0/s1. The van der Waals surface area contributed by atoms with E-state index in [4.69, 9.17) is 19.3 Å². The lowest BCUT2D eigenvalue weighted by Gasteiger charge is -2.56. The Morgan fingerprint density at radius 3 is 2.54 bits per heavy atom. The second kappa shape index (κ2) is 10.2. The Morgan fingerprint density at radius 1 is 1.23 bits per heavy atom. The van der Waals surface area contributed by atoms with Gasteiger partial charge in [0.05, 0.1) is 17.4 Å². The topological polar surface area (TPSA) is 169 Å². The molecular weight excluding hydrogens is 514 g/mol. The van der Waals surface area contributed by atoms with Gasteiger partial charge in [-0.3, -0.25) is 9.59 Å². The van der Waals surface area contributed by atoms with Crippen LogP contribution >= 0.6 is 0 Å². The van der Waals surface area contributed by atoms with Crippen LogP contribution in [0.1, 0.15) is 51.7 Å². The average molecular weight is 548 g/mol. The molecule has 0 saturated heterocycles. The van der Waals surface area contributed by atoms with Crippen LogP contribution in [0.2, 0.25) is 0 Å². The summed E-state index contributed by atoms with van der Waals surface area (Å²) in [5.41, 5.74) is -0.808. The van der Waals surface area contributed by atoms with Gasteiger partial charge in [-0.15, -0.1) is 0 Å². The SMILES string of the molecule is CCN(C)[C@@H]1Cc2ccc(O)c3c2[C@@]2(C)[C@@H](O3)C(OC(=O)[C@H](C)OC(=O)C[C@H](OC(C)=O)C(=O)O)=CC[C@@]12O. The fourth-order valence-corrected chi connectivity index (χ4v) is 5.92. The second-order valence-corrected chi connectivity index (χ2v) is 10.4. The normalized spacial score (nSPS) is 27.9. The van der Waals surface area contributed by atoms with E-state index in [1.165, 1.54) is 6.92 Å². The molecule has 0 bridgehead atoms. The molecule has 212 valence electrons. The van der Waals surface area contributed by atoms with E-state index in [0.29, 0.717) is 18.5 Å². The number of aliphatic carboxylic acids is 1. The number of hydrogen-bond acceptors (Lipinski definition) is 11. The number of carboxylic acid groups (broad SMARTS) is 1. The molecule has 1 aromatic rings. The summed E-state index contributed by atoms with van der Waals surface area (Å²) in [7, 11) is 1.93. The molecule has 12 heteroatoms. The molecule has 0 spiro atoms. The molecule has 0 amide bonds. The molecular formula is C27H33NO11. The highest BCUT2D eigenvalue weighted by Gasteiger charge is 2.68. The predicted molar refractivity (Wildman–Crippen MR) is 133 cm³/mol. The molecule has 1 aromatic carbocycles. The second-order valence-electron chi connectivity index (χ2n) is 10.4. The lowest BCUT2D eigenvalue weighted by molar-refractivity contribution is -0.173. The maximum atomic E-state index is 12.9. The molecule has 6 atom stereocenters. The number of rotatable bonds is 9. The average Bonchev–Trinajstić information content (AvgIpc) is 3.20. The van der Waals surface area contributed by atoms with Gasteiger partial charge in [0.25, 0.3) is 0 Å². The van der Waals surface area contributed by atoms with E-state index in [9.17, 15) is 29.4 Å². The summed E-state index contributed by atoms with van der Waals surface area (Å²) in [5.74, 6) is -4.23. The van der Waals surface area contributed by atoms with Crippen LogP contribution in [0.4, 0.5) is 0 Å². The van der Waals surface area contributed by atoms with Crippen LogP contribution in [0.15, 0.2) is 24.0 Å². The number of ether oxygens (including phenoxy) is 4. The van der Waals surface area contributed by atoms with E-state index in [0.717, 1.165) is 12.5 Å². The number of aromatic hydroxyl groups is 1. The molecule has 3 N–H and O–H groups in total. The van der Waals surface area contributed by atoms with Crippen LogP contribution in [0, 0.1) is 0 Å². The molecule has 3 aliphatic rings. The van der Waals surface area contributed by atoms with Crippen LogP contribution < -0.4 is 4.74 Å². The maximum Gasteiger partial charge on any atom is 0.352 e. The smallest absolute Gasteiger partial charge is 0.352 e. The first-order valence-corrected chi connectivity index (χ1v) is 12.7. The number of likely N-dealkylation sites (N-methyl/N-ethyl adjacent to an activating group) is 1. The minimum Gasteiger partial charge on any atom is -0.504 e. The van der Waals surface area contributed by atoms with E-state index in [2.05, 4.69) is 9.64 Å². The Balaban J connectivity index is 1.56. The molecule has 0 aromatic heterocycles. The molecule has 1 aliphatic heterocycles. The fourth-order valence-electron chi connectivity index (χ4n) is 5.92. The van der Waals surface area contributed by atoms with E-state index in [-0.39, 0.29) is 29.7 Å². The lowest BCUT2D eigenvalue weighted by Crippen LogP contribution is -2.69. The summed E-state index contributed by atoms with van der Waals surface area (Å²) in [6.45, 7) is 6.76. The Bertz CT molecular complexity index is 1240. The summed E-state index contributed by atoms with van der Waals surface area (Å²) in [5, 5.41) is 31.9. The van der Waals surface area contributed by atoms with Crippen LogP contribution in [-0.4, -0.2) is 87.6 Å². The van der Waals surface area contributed by atoms with Gasteiger partial charge < -0.3 is 39.2 Å². The predicted octanol–water partition coefficient (Wildman–Crippen LogP) is 1.19. The molecule has 2 aliphatic carbocycles. The van der Waals surface area contributed by atoms with Gasteiger partial charge in [-0.25, -0.2) is 9.59 Å². The number of esters is 3. The van der Waals surface area contributed by atoms with E-state index in [1.54, 1.807) is 12.1 Å². The molecule has 0 fully saturated rings. The van der Waals surface area contributed by atoms with Crippen molar-refractivity contribution in [3.05, 3.63) is 35.1 Å². The van der Waals surface area contributed by atoms with E-state index >= 15 is 0 Å². The van der Waals surface area contributed by atoms with Crippen molar-refractivity contribution in [3.63, 3.8) is 0 Å². The van der Waals surface area contributed by atoms with Gasteiger partial charge in [-0.1, -0.05) is 13.0 Å². The zero-order chi connectivity index (χ0) is 28.9. The number of nitrogens with zero attached hydrogens (tertiary/aromatic N) is 1. The minimum atomic E-state index is -1.76. The zero-order valence-electron chi connectivity index (χ0n) is 22.4. The highest BCUT2D eigenvalue weighted by molar-refractivity contribution is 5.85. The van der Waals surface area contributed by atoms with Crippen LogP contribution in [0.3, 0.4) is 0 Å². The first kappa shape index (κ1) is 28.4. The summed E-state index contributed by atoms with van der Waals surface area (Å²) >= 11 is 0. The Labute approximate surface area is 225 Å².